The van der Waals surface area contributed by atoms with Crippen LogP contribution in [0.15, 0.2) is 17.5 Å². The zero-order chi connectivity index (χ0) is 8.10. The highest BCUT2D eigenvalue weighted by atomic mass is 35.5. The van der Waals surface area contributed by atoms with Crippen LogP contribution in [0.1, 0.15) is 17.4 Å². The third kappa shape index (κ3) is 3.54. The summed E-state index contributed by atoms with van der Waals surface area (Å²) in [6.07, 6.45) is 0.499. The van der Waals surface area contributed by atoms with E-state index < -0.39 is 0 Å². The van der Waals surface area contributed by atoms with Gasteiger partial charge in [-0.1, -0.05) is 6.07 Å². The summed E-state index contributed by atoms with van der Waals surface area (Å²) >= 11 is 1.60. The van der Waals surface area contributed by atoms with Crippen LogP contribution in [-0.4, -0.2) is 18.7 Å². The predicted octanol–water partition coefficient (Wildman–Crippen LogP) is 1.81. The van der Waals surface area contributed by atoms with E-state index in [9.17, 15) is 5.11 Å². The number of hydrogen-bond acceptors (Lipinski definition) is 3. The lowest BCUT2D eigenvalue weighted by atomic mass is 10.2. The molecule has 4 heteroatoms. The molecule has 1 unspecified atom stereocenters. The van der Waals surface area contributed by atoms with Crippen LogP contribution in [-0.2, 0) is 0 Å². The van der Waals surface area contributed by atoms with Crippen molar-refractivity contribution in [1.29, 1.82) is 0 Å². The lowest BCUT2D eigenvalue weighted by molar-refractivity contribution is 0.171. The molecule has 70 valence electrons. The van der Waals surface area contributed by atoms with E-state index in [1.807, 2.05) is 24.6 Å². The fraction of sp³-hybridized carbons (Fsp3) is 0.500. The monoisotopic (exact) mass is 207 g/mol. The van der Waals surface area contributed by atoms with Crippen molar-refractivity contribution >= 4 is 23.7 Å². The molecular formula is C8H14ClNOS. The van der Waals surface area contributed by atoms with Gasteiger partial charge in [0.05, 0.1) is 6.10 Å². The first-order valence-electron chi connectivity index (χ1n) is 3.70. The summed E-state index contributed by atoms with van der Waals surface area (Å²) in [5.41, 5.74) is 0. The average Bonchev–Trinajstić information content (AvgIpc) is 2.52. The van der Waals surface area contributed by atoms with Gasteiger partial charge in [-0.2, -0.15) is 0 Å². The number of nitrogens with one attached hydrogen (secondary N) is 1. The number of rotatable bonds is 4. The Morgan fingerprint density at radius 3 is 2.92 bits per heavy atom. The molecule has 0 spiro atoms. The summed E-state index contributed by atoms with van der Waals surface area (Å²) in [5, 5.41) is 14.5. The minimum atomic E-state index is -0.289. The molecule has 0 fully saturated rings. The van der Waals surface area contributed by atoms with Crippen molar-refractivity contribution in [3.8, 4) is 0 Å². The van der Waals surface area contributed by atoms with Gasteiger partial charge in [-0.25, -0.2) is 0 Å². The molecule has 0 saturated heterocycles. The molecule has 0 saturated carbocycles. The minimum absolute atomic E-state index is 0. The number of aliphatic hydroxyl groups is 1. The minimum Gasteiger partial charge on any atom is -0.388 e. The molecule has 0 radical (unpaired) electrons. The van der Waals surface area contributed by atoms with Crippen LogP contribution in [0.2, 0.25) is 0 Å². The van der Waals surface area contributed by atoms with Gasteiger partial charge < -0.3 is 10.4 Å². The molecule has 0 bridgehead atoms. The maximum Gasteiger partial charge on any atom is 0.0894 e. The van der Waals surface area contributed by atoms with E-state index in [0.717, 1.165) is 17.8 Å². The highest BCUT2D eigenvalue weighted by molar-refractivity contribution is 7.10. The molecule has 0 aliphatic rings. The normalized spacial score (nSPS) is 12.2. The first kappa shape index (κ1) is 11.9. The molecule has 2 N–H and O–H groups in total. The number of thiophene rings is 1. The van der Waals surface area contributed by atoms with Crippen molar-refractivity contribution in [3.63, 3.8) is 0 Å². The van der Waals surface area contributed by atoms with Crippen molar-refractivity contribution in [3.05, 3.63) is 22.4 Å². The Labute approximate surface area is 83.0 Å². The van der Waals surface area contributed by atoms with Crippen LogP contribution in [0.4, 0.5) is 0 Å². The Morgan fingerprint density at radius 1 is 1.67 bits per heavy atom. The van der Waals surface area contributed by atoms with Crippen molar-refractivity contribution < 1.29 is 5.11 Å². The molecule has 1 aromatic rings. The highest BCUT2D eigenvalue weighted by Crippen LogP contribution is 2.20. The lowest BCUT2D eigenvalue weighted by Gasteiger charge is -2.06. The number of hydrogen-bond donors (Lipinski definition) is 2. The summed E-state index contributed by atoms with van der Waals surface area (Å²) < 4.78 is 0. The quantitative estimate of drug-likeness (QED) is 0.790. The van der Waals surface area contributed by atoms with Crippen LogP contribution in [0.25, 0.3) is 0 Å². The van der Waals surface area contributed by atoms with Gasteiger partial charge >= 0.3 is 0 Å². The van der Waals surface area contributed by atoms with Crippen LogP contribution in [0.5, 0.6) is 0 Å². The maximum atomic E-state index is 9.51. The van der Waals surface area contributed by atoms with E-state index in [4.69, 9.17) is 0 Å². The lowest BCUT2D eigenvalue weighted by Crippen LogP contribution is -2.11. The highest BCUT2D eigenvalue weighted by Gasteiger charge is 2.06. The first-order valence-corrected chi connectivity index (χ1v) is 4.58. The zero-order valence-electron chi connectivity index (χ0n) is 6.99. The number of aliphatic hydroxyl groups excluding tert-OH is 1. The SMILES string of the molecule is CNCCC(O)c1cccs1.Cl. The van der Waals surface area contributed by atoms with Gasteiger partial charge in [-0.3, -0.25) is 0 Å². The van der Waals surface area contributed by atoms with Gasteiger partial charge in [0, 0.05) is 4.88 Å². The molecule has 12 heavy (non-hydrogen) atoms. The van der Waals surface area contributed by atoms with E-state index in [-0.39, 0.29) is 18.5 Å². The molecule has 0 aliphatic carbocycles. The van der Waals surface area contributed by atoms with Gasteiger partial charge in [0.15, 0.2) is 0 Å². The van der Waals surface area contributed by atoms with E-state index >= 15 is 0 Å². The van der Waals surface area contributed by atoms with Crippen LogP contribution in [0.3, 0.4) is 0 Å². The topological polar surface area (TPSA) is 32.3 Å². The Hall–Kier alpha value is -0.0900. The summed E-state index contributed by atoms with van der Waals surface area (Å²) in [6.45, 7) is 0.860. The Bertz CT molecular complexity index is 191. The average molecular weight is 208 g/mol. The van der Waals surface area contributed by atoms with Gasteiger partial charge in [0.25, 0.3) is 0 Å². The van der Waals surface area contributed by atoms with Crippen LogP contribution in [0, 0.1) is 0 Å². The fourth-order valence-corrected chi connectivity index (χ4v) is 1.65. The Morgan fingerprint density at radius 2 is 2.42 bits per heavy atom. The maximum absolute atomic E-state index is 9.51. The fourth-order valence-electron chi connectivity index (χ4n) is 0.904. The molecule has 1 aromatic heterocycles. The van der Waals surface area contributed by atoms with E-state index in [2.05, 4.69) is 5.32 Å². The van der Waals surface area contributed by atoms with Gasteiger partial charge in [-0.05, 0) is 31.5 Å². The van der Waals surface area contributed by atoms with E-state index in [1.165, 1.54) is 0 Å². The first-order chi connectivity index (χ1) is 5.34. The van der Waals surface area contributed by atoms with Gasteiger partial charge in [0.2, 0.25) is 0 Å². The van der Waals surface area contributed by atoms with Crippen molar-refractivity contribution in [2.75, 3.05) is 13.6 Å². The van der Waals surface area contributed by atoms with Crippen molar-refractivity contribution in [1.82, 2.24) is 5.32 Å². The smallest absolute Gasteiger partial charge is 0.0894 e. The predicted molar refractivity (Wildman–Crippen MR) is 55.1 cm³/mol. The molecular weight excluding hydrogens is 194 g/mol. The third-order valence-corrected chi connectivity index (χ3v) is 2.51. The van der Waals surface area contributed by atoms with Gasteiger partial charge in [-0.15, -0.1) is 23.7 Å². The molecule has 0 aromatic carbocycles. The molecule has 0 aliphatic heterocycles. The second-order valence-corrected chi connectivity index (χ2v) is 3.40. The largest absolute Gasteiger partial charge is 0.388 e. The molecule has 0 amide bonds. The number of halogens is 1. The zero-order valence-corrected chi connectivity index (χ0v) is 8.62. The van der Waals surface area contributed by atoms with Crippen molar-refractivity contribution in [2.45, 2.75) is 12.5 Å². The summed E-state index contributed by atoms with van der Waals surface area (Å²) in [5.74, 6) is 0. The summed E-state index contributed by atoms with van der Waals surface area (Å²) in [6, 6.07) is 3.92. The summed E-state index contributed by atoms with van der Waals surface area (Å²) in [4.78, 5) is 1.06. The van der Waals surface area contributed by atoms with E-state index in [1.54, 1.807) is 11.3 Å². The van der Waals surface area contributed by atoms with Crippen LogP contribution >= 0.6 is 23.7 Å². The standard InChI is InChI=1S/C8H13NOS.ClH/c1-9-5-4-7(10)8-3-2-6-11-8;/h2-3,6-7,9-10H,4-5H2,1H3;1H. The molecule has 1 atom stereocenters. The van der Waals surface area contributed by atoms with Crippen LogP contribution < -0.4 is 5.32 Å². The van der Waals surface area contributed by atoms with E-state index in [0.29, 0.717) is 0 Å². The Balaban J connectivity index is 0.00000121. The molecule has 1 heterocycles. The third-order valence-electron chi connectivity index (χ3n) is 1.54. The van der Waals surface area contributed by atoms with Gasteiger partial charge in [0.1, 0.15) is 0 Å². The second kappa shape index (κ2) is 6.43. The second-order valence-electron chi connectivity index (χ2n) is 2.42. The summed E-state index contributed by atoms with van der Waals surface area (Å²) in [7, 11) is 1.89. The molecule has 1 rings (SSSR count). The van der Waals surface area contributed by atoms with Crippen molar-refractivity contribution in [2.24, 2.45) is 0 Å². The Kier molecular flexibility index (Phi) is 6.38. The molecule has 2 nitrogen and oxygen atoms in total.